The minimum atomic E-state index is -0.198. The average Bonchev–Trinajstić information content (AvgIpc) is 2.54. The first-order valence-electron chi connectivity index (χ1n) is 9.52. The van der Waals surface area contributed by atoms with Crippen LogP contribution in [-0.2, 0) is 9.59 Å². The summed E-state index contributed by atoms with van der Waals surface area (Å²) in [6.45, 7) is 17.2. The SMILES string of the molecule is CCN1CCN(CC(=O)N2CCN(CC(=O)NC(C)(C)C)CC2)CC1. The van der Waals surface area contributed by atoms with Gasteiger partial charge in [0.15, 0.2) is 0 Å². The molecule has 0 aliphatic carbocycles. The lowest BCUT2D eigenvalue weighted by Gasteiger charge is -2.37. The van der Waals surface area contributed by atoms with Gasteiger partial charge in [-0.15, -0.1) is 0 Å². The summed E-state index contributed by atoms with van der Waals surface area (Å²) in [7, 11) is 0. The third-order valence-electron chi connectivity index (χ3n) is 4.88. The van der Waals surface area contributed by atoms with E-state index in [9.17, 15) is 9.59 Å². The van der Waals surface area contributed by atoms with Crippen molar-refractivity contribution in [3.8, 4) is 0 Å². The lowest BCUT2D eigenvalue weighted by atomic mass is 10.1. The topological polar surface area (TPSA) is 59.1 Å². The van der Waals surface area contributed by atoms with Gasteiger partial charge in [-0.1, -0.05) is 6.92 Å². The number of nitrogens with zero attached hydrogens (tertiary/aromatic N) is 4. The van der Waals surface area contributed by atoms with Crippen LogP contribution in [0, 0.1) is 0 Å². The Kier molecular flexibility index (Phi) is 7.22. The zero-order valence-electron chi connectivity index (χ0n) is 16.4. The number of nitrogens with one attached hydrogen (secondary N) is 1. The minimum Gasteiger partial charge on any atom is -0.350 e. The Morgan fingerprint density at radius 2 is 1.28 bits per heavy atom. The summed E-state index contributed by atoms with van der Waals surface area (Å²) in [5.41, 5.74) is -0.198. The van der Waals surface area contributed by atoms with E-state index < -0.39 is 0 Å². The van der Waals surface area contributed by atoms with Crippen LogP contribution < -0.4 is 5.32 Å². The van der Waals surface area contributed by atoms with Gasteiger partial charge in [-0.25, -0.2) is 0 Å². The third kappa shape index (κ3) is 6.92. The summed E-state index contributed by atoms with van der Waals surface area (Å²) in [4.78, 5) is 33.3. The predicted molar refractivity (Wildman–Crippen MR) is 99.5 cm³/mol. The van der Waals surface area contributed by atoms with Crippen molar-refractivity contribution >= 4 is 11.8 Å². The molecule has 7 nitrogen and oxygen atoms in total. The first-order valence-corrected chi connectivity index (χ1v) is 9.52. The summed E-state index contributed by atoms with van der Waals surface area (Å²) in [5, 5.41) is 2.99. The van der Waals surface area contributed by atoms with Crippen LogP contribution in [0.3, 0.4) is 0 Å². The fraction of sp³-hybridized carbons (Fsp3) is 0.889. The molecule has 2 aliphatic rings. The highest BCUT2D eigenvalue weighted by atomic mass is 16.2. The van der Waals surface area contributed by atoms with Crippen molar-refractivity contribution < 1.29 is 9.59 Å². The van der Waals surface area contributed by atoms with Gasteiger partial charge in [0, 0.05) is 57.9 Å². The van der Waals surface area contributed by atoms with E-state index in [2.05, 4.69) is 26.9 Å². The van der Waals surface area contributed by atoms with Crippen molar-refractivity contribution in [3.05, 3.63) is 0 Å². The normalized spacial score (nSPS) is 21.4. The Balaban J connectivity index is 1.67. The molecule has 0 aromatic heterocycles. The lowest BCUT2D eigenvalue weighted by Crippen LogP contribution is -2.55. The van der Waals surface area contributed by atoms with Gasteiger partial charge in [-0.05, 0) is 27.3 Å². The largest absolute Gasteiger partial charge is 0.350 e. The zero-order chi connectivity index (χ0) is 18.4. The Morgan fingerprint density at radius 3 is 1.80 bits per heavy atom. The van der Waals surface area contributed by atoms with E-state index in [0.29, 0.717) is 13.1 Å². The lowest BCUT2D eigenvalue weighted by molar-refractivity contribution is -0.134. The first-order chi connectivity index (χ1) is 11.8. The highest BCUT2D eigenvalue weighted by molar-refractivity contribution is 5.79. The quantitative estimate of drug-likeness (QED) is 0.734. The van der Waals surface area contributed by atoms with Gasteiger partial charge in [0.1, 0.15) is 0 Å². The summed E-state index contributed by atoms with van der Waals surface area (Å²) in [5.74, 6) is 0.282. The van der Waals surface area contributed by atoms with E-state index in [0.717, 1.165) is 58.9 Å². The van der Waals surface area contributed by atoms with Gasteiger partial charge >= 0.3 is 0 Å². The molecule has 2 aliphatic heterocycles. The van der Waals surface area contributed by atoms with E-state index in [1.807, 2.05) is 25.7 Å². The molecule has 0 bridgehead atoms. The van der Waals surface area contributed by atoms with Crippen molar-refractivity contribution in [1.82, 2.24) is 24.9 Å². The summed E-state index contributed by atoms with van der Waals surface area (Å²) >= 11 is 0. The van der Waals surface area contributed by atoms with Gasteiger partial charge in [0.2, 0.25) is 11.8 Å². The second-order valence-corrected chi connectivity index (χ2v) is 8.17. The first kappa shape index (κ1) is 20.1. The average molecular weight is 354 g/mol. The maximum atomic E-state index is 12.5. The van der Waals surface area contributed by atoms with Gasteiger partial charge in [-0.2, -0.15) is 0 Å². The molecule has 0 spiro atoms. The van der Waals surface area contributed by atoms with Crippen LogP contribution >= 0.6 is 0 Å². The van der Waals surface area contributed by atoms with E-state index in [-0.39, 0.29) is 17.4 Å². The number of likely N-dealkylation sites (N-methyl/N-ethyl adjacent to an activating group) is 1. The second-order valence-electron chi connectivity index (χ2n) is 8.17. The molecular formula is C18H35N5O2. The number of hydrogen-bond donors (Lipinski definition) is 1. The van der Waals surface area contributed by atoms with Gasteiger partial charge in [-0.3, -0.25) is 19.4 Å². The molecule has 2 fully saturated rings. The van der Waals surface area contributed by atoms with Crippen LogP contribution in [0.25, 0.3) is 0 Å². The molecule has 2 saturated heterocycles. The number of piperazine rings is 2. The molecule has 144 valence electrons. The monoisotopic (exact) mass is 353 g/mol. The van der Waals surface area contributed by atoms with Crippen LogP contribution in [0.2, 0.25) is 0 Å². The maximum Gasteiger partial charge on any atom is 0.236 e. The van der Waals surface area contributed by atoms with Gasteiger partial charge in [0.25, 0.3) is 0 Å². The zero-order valence-corrected chi connectivity index (χ0v) is 16.4. The number of hydrogen-bond acceptors (Lipinski definition) is 5. The predicted octanol–water partition coefficient (Wildman–Crippen LogP) is -0.317. The minimum absolute atomic E-state index is 0.0565. The van der Waals surface area contributed by atoms with E-state index in [1.165, 1.54) is 0 Å². The Morgan fingerprint density at radius 1 is 0.800 bits per heavy atom. The van der Waals surface area contributed by atoms with Crippen LogP contribution in [0.4, 0.5) is 0 Å². The highest BCUT2D eigenvalue weighted by Crippen LogP contribution is 2.06. The summed E-state index contributed by atoms with van der Waals surface area (Å²) in [6.07, 6.45) is 0. The second kappa shape index (κ2) is 8.96. The molecule has 1 N–H and O–H groups in total. The highest BCUT2D eigenvalue weighted by Gasteiger charge is 2.25. The molecule has 7 heteroatoms. The van der Waals surface area contributed by atoms with Crippen molar-refractivity contribution in [2.75, 3.05) is 72.0 Å². The Hall–Kier alpha value is -1.18. The van der Waals surface area contributed by atoms with Crippen molar-refractivity contribution in [2.24, 2.45) is 0 Å². The van der Waals surface area contributed by atoms with Crippen molar-refractivity contribution in [2.45, 2.75) is 33.2 Å². The number of carbonyl (C=O) groups excluding carboxylic acids is 2. The molecule has 0 atom stereocenters. The fourth-order valence-corrected chi connectivity index (χ4v) is 3.37. The van der Waals surface area contributed by atoms with Crippen molar-refractivity contribution in [3.63, 3.8) is 0 Å². The van der Waals surface area contributed by atoms with Crippen LogP contribution in [0.5, 0.6) is 0 Å². The van der Waals surface area contributed by atoms with Crippen LogP contribution in [0.15, 0.2) is 0 Å². The molecule has 2 rings (SSSR count). The number of amides is 2. The molecule has 0 aromatic carbocycles. The Bertz CT molecular complexity index is 447. The molecule has 0 unspecified atom stereocenters. The van der Waals surface area contributed by atoms with E-state index >= 15 is 0 Å². The van der Waals surface area contributed by atoms with Gasteiger partial charge < -0.3 is 15.1 Å². The van der Waals surface area contributed by atoms with Crippen molar-refractivity contribution in [1.29, 1.82) is 0 Å². The Labute approximate surface area is 152 Å². The fourth-order valence-electron chi connectivity index (χ4n) is 3.37. The molecule has 25 heavy (non-hydrogen) atoms. The van der Waals surface area contributed by atoms with Crippen LogP contribution in [-0.4, -0.2) is 109 Å². The maximum absolute atomic E-state index is 12.5. The number of rotatable bonds is 5. The number of carbonyl (C=O) groups is 2. The molecular weight excluding hydrogens is 318 g/mol. The molecule has 0 saturated carbocycles. The van der Waals surface area contributed by atoms with E-state index in [4.69, 9.17) is 0 Å². The summed E-state index contributed by atoms with van der Waals surface area (Å²) in [6, 6.07) is 0. The smallest absolute Gasteiger partial charge is 0.236 e. The molecule has 2 heterocycles. The molecule has 2 amide bonds. The van der Waals surface area contributed by atoms with Crippen LogP contribution in [0.1, 0.15) is 27.7 Å². The molecule has 0 radical (unpaired) electrons. The van der Waals surface area contributed by atoms with Gasteiger partial charge in [0.05, 0.1) is 13.1 Å². The standard InChI is InChI=1S/C18H35N5O2/c1-5-20-6-8-22(9-7-20)15-17(25)23-12-10-21(11-13-23)14-16(24)19-18(2,3)4/h5-15H2,1-4H3,(H,19,24). The molecule has 0 aromatic rings. The third-order valence-corrected chi connectivity index (χ3v) is 4.88. The van der Waals surface area contributed by atoms with E-state index in [1.54, 1.807) is 0 Å². The summed E-state index contributed by atoms with van der Waals surface area (Å²) < 4.78 is 0.